The van der Waals surface area contributed by atoms with Crippen molar-refractivity contribution < 1.29 is 14.3 Å². The predicted octanol–water partition coefficient (Wildman–Crippen LogP) is 2.25. The molecule has 0 saturated carbocycles. The van der Waals surface area contributed by atoms with Gasteiger partial charge < -0.3 is 15.4 Å². The van der Waals surface area contributed by atoms with Crippen LogP contribution in [0, 0.1) is 0 Å². The van der Waals surface area contributed by atoms with Crippen LogP contribution in [0.5, 0.6) is 5.75 Å². The van der Waals surface area contributed by atoms with Crippen molar-refractivity contribution in [1.82, 2.24) is 10.3 Å². The standard InChI is InChI=1S/C16H18N4O3S/c1-23-13-5-2-4-11(8-13)18-14(21)9-12-10-24-16(19-12)20-7-3-6-17-15(20)22/h2,4-5,8,10H,3,6-7,9H2,1H3,(H,17,22)(H,18,21). The lowest BCUT2D eigenvalue weighted by atomic mass is 10.2. The number of benzene rings is 1. The first kappa shape index (κ1) is 16.3. The molecule has 1 aliphatic rings. The van der Waals surface area contributed by atoms with Crippen molar-refractivity contribution in [3.63, 3.8) is 0 Å². The van der Waals surface area contributed by atoms with Crippen LogP contribution in [0.25, 0.3) is 0 Å². The third-order valence-corrected chi connectivity index (χ3v) is 4.46. The van der Waals surface area contributed by atoms with Crippen molar-refractivity contribution in [1.29, 1.82) is 0 Å². The van der Waals surface area contributed by atoms with E-state index >= 15 is 0 Å². The Morgan fingerprint density at radius 1 is 1.50 bits per heavy atom. The van der Waals surface area contributed by atoms with E-state index in [1.165, 1.54) is 11.3 Å². The van der Waals surface area contributed by atoms with Crippen LogP contribution in [0.15, 0.2) is 29.6 Å². The first-order valence-corrected chi connectivity index (χ1v) is 8.47. The van der Waals surface area contributed by atoms with Gasteiger partial charge in [0.1, 0.15) is 5.75 Å². The van der Waals surface area contributed by atoms with Crippen LogP contribution in [0.2, 0.25) is 0 Å². The first-order valence-electron chi connectivity index (χ1n) is 7.59. The summed E-state index contributed by atoms with van der Waals surface area (Å²) in [4.78, 5) is 30.0. The summed E-state index contributed by atoms with van der Waals surface area (Å²) in [5.74, 6) is 0.517. The molecule has 1 fully saturated rings. The molecule has 126 valence electrons. The maximum Gasteiger partial charge on any atom is 0.323 e. The van der Waals surface area contributed by atoms with Gasteiger partial charge in [-0.25, -0.2) is 9.78 Å². The Balaban J connectivity index is 1.61. The van der Waals surface area contributed by atoms with Crippen LogP contribution in [-0.4, -0.2) is 37.1 Å². The number of nitrogens with zero attached hydrogens (tertiary/aromatic N) is 2. The molecule has 0 spiro atoms. The zero-order valence-corrected chi connectivity index (χ0v) is 14.1. The number of urea groups is 1. The second kappa shape index (κ2) is 7.31. The van der Waals surface area contributed by atoms with Crippen LogP contribution in [-0.2, 0) is 11.2 Å². The Kier molecular flexibility index (Phi) is 4.95. The molecule has 24 heavy (non-hydrogen) atoms. The number of carbonyl (C=O) groups excluding carboxylic acids is 2. The lowest BCUT2D eigenvalue weighted by Crippen LogP contribution is -2.46. The first-order chi connectivity index (χ1) is 11.7. The van der Waals surface area contributed by atoms with E-state index in [1.54, 1.807) is 24.1 Å². The molecule has 1 aromatic carbocycles. The van der Waals surface area contributed by atoms with E-state index < -0.39 is 0 Å². The number of hydrogen-bond donors (Lipinski definition) is 2. The molecule has 2 heterocycles. The van der Waals surface area contributed by atoms with Gasteiger partial charge in [0, 0.05) is 30.2 Å². The fraction of sp³-hybridized carbons (Fsp3) is 0.312. The minimum atomic E-state index is -0.164. The highest BCUT2D eigenvalue weighted by molar-refractivity contribution is 7.14. The van der Waals surface area contributed by atoms with Crippen molar-refractivity contribution in [3.05, 3.63) is 35.3 Å². The minimum Gasteiger partial charge on any atom is -0.497 e. The molecule has 0 unspecified atom stereocenters. The van der Waals surface area contributed by atoms with Gasteiger partial charge in [0.2, 0.25) is 5.91 Å². The molecule has 0 bridgehead atoms. The van der Waals surface area contributed by atoms with Crippen molar-refractivity contribution in [2.75, 3.05) is 30.4 Å². The lowest BCUT2D eigenvalue weighted by Gasteiger charge is -2.24. The van der Waals surface area contributed by atoms with Crippen LogP contribution in [0.4, 0.5) is 15.6 Å². The van der Waals surface area contributed by atoms with E-state index in [9.17, 15) is 9.59 Å². The SMILES string of the molecule is COc1cccc(NC(=O)Cc2csc(N3CCCNC3=O)n2)c1. The molecule has 0 atom stereocenters. The summed E-state index contributed by atoms with van der Waals surface area (Å²) in [5.41, 5.74) is 1.32. The summed E-state index contributed by atoms with van der Waals surface area (Å²) in [6.07, 6.45) is 1.04. The molecule has 1 aromatic heterocycles. The molecule has 0 aliphatic carbocycles. The zero-order chi connectivity index (χ0) is 16.9. The van der Waals surface area contributed by atoms with E-state index in [2.05, 4.69) is 15.6 Å². The maximum absolute atomic E-state index is 12.2. The van der Waals surface area contributed by atoms with Crippen molar-refractivity contribution in [2.45, 2.75) is 12.8 Å². The van der Waals surface area contributed by atoms with Gasteiger partial charge in [-0.15, -0.1) is 11.3 Å². The Labute approximate surface area is 143 Å². The van der Waals surface area contributed by atoms with Gasteiger partial charge in [0.05, 0.1) is 19.2 Å². The third kappa shape index (κ3) is 3.83. The summed E-state index contributed by atoms with van der Waals surface area (Å²) in [6, 6.07) is 7.03. The Morgan fingerprint density at radius 2 is 2.38 bits per heavy atom. The van der Waals surface area contributed by atoms with Crippen LogP contribution < -0.4 is 20.3 Å². The second-order valence-corrected chi connectivity index (χ2v) is 6.15. The number of amides is 3. The molecule has 2 N–H and O–H groups in total. The smallest absolute Gasteiger partial charge is 0.323 e. The molecular weight excluding hydrogens is 328 g/mol. The molecule has 2 aromatic rings. The summed E-state index contributed by atoms with van der Waals surface area (Å²) in [5, 5.41) is 8.03. The fourth-order valence-electron chi connectivity index (χ4n) is 2.38. The molecule has 0 radical (unpaired) electrons. The molecule has 3 rings (SSSR count). The summed E-state index contributed by atoms with van der Waals surface area (Å²) < 4.78 is 5.13. The quantitative estimate of drug-likeness (QED) is 0.870. The van der Waals surface area contributed by atoms with Crippen LogP contribution in [0.1, 0.15) is 12.1 Å². The number of hydrogen-bond acceptors (Lipinski definition) is 5. The van der Waals surface area contributed by atoms with Crippen molar-refractivity contribution >= 4 is 34.1 Å². The molecule has 7 nitrogen and oxygen atoms in total. The number of rotatable bonds is 5. The van der Waals surface area contributed by atoms with E-state index in [0.29, 0.717) is 35.4 Å². The number of thiazole rings is 1. The van der Waals surface area contributed by atoms with Gasteiger partial charge >= 0.3 is 6.03 Å². The van der Waals surface area contributed by atoms with E-state index in [0.717, 1.165) is 6.42 Å². The minimum absolute atomic E-state index is 0.136. The second-order valence-electron chi connectivity index (χ2n) is 5.32. The highest BCUT2D eigenvalue weighted by atomic mass is 32.1. The van der Waals surface area contributed by atoms with Gasteiger partial charge in [0.25, 0.3) is 0 Å². The van der Waals surface area contributed by atoms with Crippen LogP contribution >= 0.6 is 11.3 Å². The van der Waals surface area contributed by atoms with E-state index in [-0.39, 0.29) is 18.4 Å². The third-order valence-electron chi connectivity index (χ3n) is 3.55. The normalized spacial score (nSPS) is 14.2. The van der Waals surface area contributed by atoms with Gasteiger partial charge in [0.15, 0.2) is 5.13 Å². The average molecular weight is 346 g/mol. The molecule has 1 aliphatic heterocycles. The largest absolute Gasteiger partial charge is 0.497 e. The monoisotopic (exact) mass is 346 g/mol. The number of aromatic nitrogens is 1. The predicted molar refractivity (Wildman–Crippen MR) is 92.8 cm³/mol. The number of anilines is 2. The molecule has 3 amide bonds. The van der Waals surface area contributed by atoms with Gasteiger partial charge in [-0.2, -0.15) is 0 Å². The molecule has 8 heteroatoms. The Hall–Kier alpha value is -2.61. The summed E-state index contributed by atoms with van der Waals surface area (Å²) in [7, 11) is 1.58. The van der Waals surface area contributed by atoms with Gasteiger partial charge in [-0.1, -0.05) is 6.07 Å². The van der Waals surface area contributed by atoms with Gasteiger partial charge in [-0.3, -0.25) is 9.69 Å². The Bertz CT molecular complexity index is 746. The zero-order valence-electron chi connectivity index (χ0n) is 13.2. The lowest BCUT2D eigenvalue weighted by molar-refractivity contribution is -0.115. The fourth-order valence-corrected chi connectivity index (χ4v) is 3.23. The number of ether oxygens (including phenoxy) is 1. The van der Waals surface area contributed by atoms with Crippen molar-refractivity contribution in [3.8, 4) is 5.75 Å². The number of carbonyl (C=O) groups is 2. The highest BCUT2D eigenvalue weighted by Crippen LogP contribution is 2.23. The maximum atomic E-state index is 12.2. The summed E-state index contributed by atoms with van der Waals surface area (Å²) in [6.45, 7) is 1.34. The topological polar surface area (TPSA) is 83.6 Å². The van der Waals surface area contributed by atoms with E-state index in [1.807, 2.05) is 17.5 Å². The number of nitrogens with one attached hydrogen (secondary N) is 2. The molecular formula is C16H18N4O3S. The summed E-state index contributed by atoms with van der Waals surface area (Å²) >= 11 is 1.37. The average Bonchev–Trinajstić information content (AvgIpc) is 3.03. The Morgan fingerprint density at radius 3 is 3.17 bits per heavy atom. The van der Waals surface area contributed by atoms with Crippen molar-refractivity contribution in [2.24, 2.45) is 0 Å². The van der Waals surface area contributed by atoms with Gasteiger partial charge in [-0.05, 0) is 18.6 Å². The van der Waals surface area contributed by atoms with E-state index in [4.69, 9.17) is 4.74 Å². The molecule has 1 saturated heterocycles. The number of methoxy groups -OCH3 is 1. The van der Waals surface area contributed by atoms with Crippen LogP contribution in [0.3, 0.4) is 0 Å². The highest BCUT2D eigenvalue weighted by Gasteiger charge is 2.22.